The van der Waals surface area contributed by atoms with Crippen LogP contribution in [0, 0.1) is 6.92 Å². The molecule has 44 heavy (non-hydrogen) atoms. The predicted octanol–water partition coefficient (Wildman–Crippen LogP) is 5.92. The van der Waals surface area contributed by atoms with E-state index in [0.717, 1.165) is 33.0 Å². The van der Waals surface area contributed by atoms with Crippen LogP contribution in [0.4, 0.5) is 5.69 Å². The van der Waals surface area contributed by atoms with Gasteiger partial charge >= 0.3 is 0 Å². The average molecular weight is 612 g/mol. The first-order valence-electron chi connectivity index (χ1n) is 14.9. The number of sulfonamides is 1. The Bertz CT molecular complexity index is 1620. The highest BCUT2D eigenvalue weighted by atomic mass is 32.2. The molecule has 4 rings (SSSR count). The molecule has 2 amide bonds. The van der Waals surface area contributed by atoms with Crippen LogP contribution < -0.4 is 9.62 Å². The van der Waals surface area contributed by atoms with Crippen LogP contribution in [0.1, 0.15) is 43.0 Å². The van der Waals surface area contributed by atoms with E-state index in [-0.39, 0.29) is 29.8 Å². The molecule has 0 radical (unpaired) electrons. The first-order chi connectivity index (χ1) is 21.1. The van der Waals surface area contributed by atoms with Crippen LogP contribution >= 0.6 is 0 Å². The first kappa shape index (κ1) is 32.5. The Kier molecular flexibility index (Phi) is 11.0. The van der Waals surface area contributed by atoms with Crippen molar-refractivity contribution in [3.63, 3.8) is 0 Å². The van der Waals surface area contributed by atoms with Gasteiger partial charge in [-0.2, -0.15) is 0 Å². The summed E-state index contributed by atoms with van der Waals surface area (Å²) < 4.78 is 29.3. The monoisotopic (exact) mass is 611 g/mol. The van der Waals surface area contributed by atoms with E-state index in [1.165, 1.54) is 17.0 Å². The number of nitrogens with zero attached hydrogens (tertiary/aromatic N) is 2. The normalized spacial score (nSPS) is 12.0. The Morgan fingerprint density at radius 3 is 1.89 bits per heavy atom. The molecule has 0 saturated heterocycles. The largest absolute Gasteiger partial charge is 0.352 e. The number of carbonyl (C=O) groups is 2. The first-order valence-corrected chi connectivity index (χ1v) is 16.4. The van der Waals surface area contributed by atoms with Gasteiger partial charge in [0.2, 0.25) is 11.8 Å². The van der Waals surface area contributed by atoms with Crippen molar-refractivity contribution >= 4 is 27.5 Å². The zero-order valence-corrected chi connectivity index (χ0v) is 26.6. The molecule has 4 aromatic carbocycles. The third-order valence-corrected chi connectivity index (χ3v) is 9.21. The molecular weight excluding hydrogens is 570 g/mol. The SMILES string of the molecule is CCc1ccc(N(CC(=O)N(Cc2ccc(C)cc2)[C@H](Cc2ccccc2)C(=O)NC(C)C)S(=O)(=O)c2ccccc2)cc1. The summed E-state index contributed by atoms with van der Waals surface area (Å²) in [5.74, 6) is -0.779. The molecule has 4 aromatic rings. The maximum atomic E-state index is 14.5. The second kappa shape index (κ2) is 14.8. The number of nitrogens with one attached hydrogen (secondary N) is 1. The van der Waals surface area contributed by atoms with Crippen LogP contribution in [0.25, 0.3) is 0 Å². The van der Waals surface area contributed by atoms with Crippen molar-refractivity contribution < 1.29 is 18.0 Å². The van der Waals surface area contributed by atoms with Gasteiger partial charge in [0.15, 0.2) is 0 Å². The Morgan fingerprint density at radius 1 is 0.750 bits per heavy atom. The topological polar surface area (TPSA) is 86.8 Å². The van der Waals surface area contributed by atoms with Gasteiger partial charge in [-0.1, -0.05) is 97.4 Å². The molecule has 0 fully saturated rings. The lowest BCUT2D eigenvalue weighted by Gasteiger charge is -2.34. The maximum absolute atomic E-state index is 14.5. The molecule has 0 spiro atoms. The van der Waals surface area contributed by atoms with Crippen LogP contribution in [0.3, 0.4) is 0 Å². The number of aryl methyl sites for hydroxylation is 2. The summed E-state index contributed by atoms with van der Waals surface area (Å²) in [7, 11) is -4.12. The smallest absolute Gasteiger partial charge is 0.264 e. The minimum absolute atomic E-state index is 0.0795. The van der Waals surface area contributed by atoms with Crippen LogP contribution in [0.15, 0.2) is 114 Å². The second-order valence-electron chi connectivity index (χ2n) is 11.2. The molecule has 0 aliphatic rings. The van der Waals surface area contributed by atoms with Crippen molar-refractivity contribution in [1.29, 1.82) is 0 Å². The number of carbonyl (C=O) groups excluding carboxylic acids is 2. The molecule has 7 nitrogen and oxygen atoms in total. The minimum Gasteiger partial charge on any atom is -0.352 e. The lowest BCUT2D eigenvalue weighted by molar-refractivity contribution is -0.140. The summed E-state index contributed by atoms with van der Waals surface area (Å²) in [4.78, 5) is 29.8. The van der Waals surface area contributed by atoms with Crippen LogP contribution in [0.5, 0.6) is 0 Å². The summed E-state index contributed by atoms with van der Waals surface area (Å²) in [6.45, 7) is 7.41. The summed E-state index contributed by atoms with van der Waals surface area (Å²) in [6.07, 6.45) is 1.06. The standard InChI is InChI=1S/C36H41N3O4S/c1-5-29-20-22-32(23-21-29)39(44(42,43)33-14-10-7-11-15-33)26-35(40)38(25-31-18-16-28(4)17-19-31)34(36(41)37-27(2)3)24-30-12-8-6-9-13-30/h6-23,27,34H,5,24-26H2,1-4H3,(H,37,41)/t34-/m1/s1. The molecule has 8 heteroatoms. The highest BCUT2D eigenvalue weighted by molar-refractivity contribution is 7.92. The molecule has 230 valence electrons. The molecule has 1 atom stereocenters. The van der Waals surface area contributed by atoms with Crippen LogP contribution in [0.2, 0.25) is 0 Å². The van der Waals surface area contributed by atoms with E-state index in [0.29, 0.717) is 5.69 Å². The fourth-order valence-electron chi connectivity index (χ4n) is 4.97. The maximum Gasteiger partial charge on any atom is 0.264 e. The van der Waals surface area contributed by atoms with Gasteiger partial charge in [0.05, 0.1) is 10.6 Å². The van der Waals surface area contributed by atoms with Gasteiger partial charge in [0.25, 0.3) is 10.0 Å². The molecule has 0 bridgehead atoms. The highest BCUT2D eigenvalue weighted by Crippen LogP contribution is 2.26. The summed E-state index contributed by atoms with van der Waals surface area (Å²) in [6, 6.07) is 31.6. The van der Waals surface area contributed by atoms with Crippen molar-refractivity contribution in [2.24, 2.45) is 0 Å². The van der Waals surface area contributed by atoms with E-state index >= 15 is 0 Å². The van der Waals surface area contributed by atoms with Crippen molar-refractivity contribution in [2.45, 2.75) is 64.1 Å². The molecular formula is C36H41N3O4S. The number of anilines is 1. The summed E-state index contributed by atoms with van der Waals surface area (Å²) in [5, 5.41) is 2.98. The van der Waals surface area contributed by atoms with Crippen molar-refractivity contribution in [2.75, 3.05) is 10.8 Å². The fourth-order valence-corrected chi connectivity index (χ4v) is 6.41. The highest BCUT2D eigenvalue weighted by Gasteiger charge is 2.34. The zero-order valence-electron chi connectivity index (χ0n) is 25.8. The average Bonchev–Trinajstić information content (AvgIpc) is 3.03. The lowest BCUT2D eigenvalue weighted by Crippen LogP contribution is -2.54. The number of benzene rings is 4. The number of hydrogen-bond acceptors (Lipinski definition) is 4. The van der Waals surface area contributed by atoms with Gasteiger partial charge < -0.3 is 10.2 Å². The fraction of sp³-hybridized carbons (Fsp3) is 0.278. The Balaban J connectivity index is 1.79. The van der Waals surface area contributed by atoms with E-state index in [1.54, 1.807) is 30.3 Å². The summed E-state index contributed by atoms with van der Waals surface area (Å²) in [5.41, 5.74) is 4.22. The molecule has 0 heterocycles. The van der Waals surface area contributed by atoms with Gasteiger partial charge in [-0.25, -0.2) is 8.42 Å². The summed E-state index contributed by atoms with van der Waals surface area (Å²) >= 11 is 0. The van der Waals surface area contributed by atoms with Crippen LogP contribution in [-0.4, -0.2) is 43.8 Å². The van der Waals surface area contributed by atoms with E-state index in [4.69, 9.17) is 0 Å². The molecule has 0 aliphatic carbocycles. The van der Waals surface area contributed by atoms with Crippen molar-refractivity contribution in [3.05, 3.63) is 131 Å². The van der Waals surface area contributed by atoms with Gasteiger partial charge in [0.1, 0.15) is 12.6 Å². The van der Waals surface area contributed by atoms with E-state index < -0.39 is 28.5 Å². The van der Waals surface area contributed by atoms with Gasteiger partial charge in [0, 0.05) is 19.0 Å². The van der Waals surface area contributed by atoms with Crippen molar-refractivity contribution in [1.82, 2.24) is 10.2 Å². The van der Waals surface area contributed by atoms with Gasteiger partial charge in [-0.3, -0.25) is 13.9 Å². The molecule has 0 aromatic heterocycles. The Hall–Kier alpha value is -4.43. The Morgan fingerprint density at radius 2 is 1.32 bits per heavy atom. The molecule has 0 unspecified atom stereocenters. The van der Waals surface area contributed by atoms with E-state index in [1.807, 2.05) is 94.4 Å². The second-order valence-corrected chi connectivity index (χ2v) is 13.1. The van der Waals surface area contributed by atoms with Gasteiger partial charge in [-0.05, 0) is 68.1 Å². The number of rotatable bonds is 13. The van der Waals surface area contributed by atoms with E-state index in [2.05, 4.69) is 5.32 Å². The van der Waals surface area contributed by atoms with Crippen molar-refractivity contribution in [3.8, 4) is 0 Å². The van der Waals surface area contributed by atoms with Crippen LogP contribution in [-0.2, 0) is 39.0 Å². The molecule has 0 aliphatic heterocycles. The zero-order chi connectivity index (χ0) is 31.7. The third-order valence-electron chi connectivity index (χ3n) is 7.42. The minimum atomic E-state index is -4.12. The number of amides is 2. The number of hydrogen-bond donors (Lipinski definition) is 1. The quantitative estimate of drug-likeness (QED) is 0.204. The molecule has 0 saturated carbocycles. The van der Waals surface area contributed by atoms with Gasteiger partial charge in [-0.15, -0.1) is 0 Å². The van der Waals surface area contributed by atoms with E-state index in [9.17, 15) is 18.0 Å². The third kappa shape index (κ3) is 8.35. The molecule has 1 N–H and O–H groups in total. The Labute approximate surface area is 261 Å². The lowest BCUT2D eigenvalue weighted by atomic mass is 10.0. The predicted molar refractivity (Wildman–Crippen MR) is 176 cm³/mol.